The normalized spacial score (nSPS) is 25.7. The summed E-state index contributed by atoms with van der Waals surface area (Å²) >= 11 is 0. The quantitative estimate of drug-likeness (QED) is 0.625. The maximum atomic E-state index is 10.7. The summed E-state index contributed by atoms with van der Waals surface area (Å²) in [5.74, 6) is 0.272. The molecule has 70 valence electrons. The summed E-state index contributed by atoms with van der Waals surface area (Å²) in [4.78, 5) is 13.0. The minimum absolute atomic E-state index is 0.272. The fraction of sp³-hybridized carbons (Fsp3) is 0.889. The van der Waals surface area contributed by atoms with Gasteiger partial charge in [0.1, 0.15) is 5.78 Å². The fourth-order valence-electron chi connectivity index (χ4n) is 1.41. The first kappa shape index (κ1) is 9.68. The van der Waals surface area contributed by atoms with Crippen LogP contribution in [0.15, 0.2) is 0 Å². The Labute approximate surface area is 73.7 Å². The standard InChI is InChI=1S/C9H17NO2/c1-8(11)3-4-9-7-12-6-5-10(9)2/h9H,3-7H2,1-2H3. The van der Waals surface area contributed by atoms with Crippen molar-refractivity contribution in [2.75, 3.05) is 26.8 Å². The van der Waals surface area contributed by atoms with E-state index in [0.717, 1.165) is 26.2 Å². The SMILES string of the molecule is CC(=O)CCC1COCCN1C. The molecule has 12 heavy (non-hydrogen) atoms. The number of morpholine rings is 1. The van der Waals surface area contributed by atoms with Gasteiger partial charge in [0.25, 0.3) is 0 Å². The van der Waals surface area contributed by atoms with E-state index in [4.69, 9.17) is 4.74 Å². The van der Waals surface area contributed by atoms with Crippen LogP contribution in [0.4, 0.5) is 0 Å². The van der Waals surface area contributed by atoms with Crippen molar-refractivity contribution in [3.8, 4) is 0 Å². The number of nitrogens with zero attached hydrogens (tertiary/aromatic N) is 1. The van der Waals surface area contributed by atoms with Crippen LogP contribution < -0.4 is 0 Å². The third kappa shape index (κ3) is 2.91. The van der Waals surface area contributed by atoms with E-state index in [1.165, 1.54) is 0 Å². The van der Waals surface area contributed by atoms with Gasteiger partial charge in [-0.15, -0.1) is 0 Å². The van der Waals surface area contributed by atoms with Gasteiger partial charge >= 0.3 is 0 Å². The van der Waals surface area contributed by atoms with Crippen molar-refractivity contribution in [2.45, 2.75) is 25.8 Å². The molecule has 1 rings (SSSR count). The minimum Gasteiger partial charge on any atom is -0.378 e. The molecule has 0 aromatic rings. The van der Waals surface area contributed by atoms with E-state index in [9.17, 15) is 4.79 Å². The van der Waals surface area contributed by atoms with Crippen molar-refractivity contribution >= 4 is 5.78 Å². The predicted molar refractivity (Wildman–Crippen MR) is 47.2 cm³/mol. The number of likely N-dealkylation sites (N-methyl/N-ethyl adjacent to an activating group) is 1. The second-order valence-corrected chi connectivity index (χ2v) is 3.45. The molecule has 3 nitrogen and oxygen atoms in total. The number of hydrogen-bond donors (Lipinski definition) is 0. The largest absolute Gasteiger partial charge is 0.378 e. The summed E-state index contributed by atoms with van der Waals surface area (Å²) in [6.45, 7) is 4.24. The molecule has 1 fully saturated rings. The van der Waals surface area contributed by atoms with Crippen LogP contribution in [-0.2, 0) is 9.53 Å². The molecule has 1 aliphatic heterocycles. The Bertz CT molecular complexity index is 159. The van der Waals surface area contributed by atoms with Crippen LogP contribution in [0.3, 0.4) is 0 Å². The highest BCUT2D eigenvalue weighted by molar-refractivity contribution is 5.75. The molecule has 3 heteroatoms. The van der Waals surface area contributed by atoms with E-state index in [1.54, 1.807) is 6.92 Å². The number of carbonyl (C=O) groups is 1. The van der Waals surface area contributed by atoms with E-state index >= 15 is 0 Å². The van der Waals surface area contributed by atoms with Crippen LogP contribution in [0.2, 0.25) is 0 Å². The molecular formula is C9H17NO2. The van der Waals surface area contributed by atoms with Crippen molar-refractivity contribution in [1.29, 1.82) is 0 Å². The first-order valence-corrected chi connectivity index (χ1v) is 4.47. The van der Waals surface area contributed by atoms with Crippen LogP contribution in [0.1, 0.15) is 19.8 Å². The number of carbonyl (C=O) groups excluding carboxylic acids is 1. The van der Waals surface area contributed by atoms with Gasteiger partial charge in [-0.05, 0) is 20.4 Å². The molecule has 0 radical (unpaired) electrons. The summed E-state index contributed by atoms with van der Waals surface area (Å²) in [5, 5.41) is 0. The van der Waals surface area contributed by atoms with Crippen molar-refractivity contribution in [2.24, 2.45) is 0 Å². The number of ketones is 1. The van der Waals surface area contributed by atoms with Gasteiger partial charge in [-0.2, -0.15) is 0 Å². The van der Waals surface area contributed by atoms with Gasteiger partial charge in [-0.1, -0.05) is 0 Å². The fourth-order valence-corrected chi connectivity index (χ4v) is 1.41. The molecule has 0 aromatic carbocycles. The lowest BCUT2D eigenvalue weighted by atomic mass is 10.1. The highest BCUT2D eigenvalue weighted by atomic mass is 16.5. The Balaban J connectivity index is 2.24. The van der Waals surface area contributed by atoms with Crippen LogP contribution in [0.25, 0.3) is 0 Å². The molecule has 0 aliphatic carbocycles. The molecule has 1 saturated heterocycles. The van der Waals surface area contributed by atoms with E-state index < -0.39 is 0 Å². The Morgan fingerprint density at radius 1 is 1.67 bits per heavy atom. The van der Waals surface area contributed by atoms with Crippen LogP contribution in [0.5, 0.6) is 0 Å². The molecule has 0 amide bonds. The Morgan fingerprint density at radius 2 is 2.42 bits per heavy atom. The number of rotatable bonds is 3. The molecule has 0 bridgehead atoms. The van der Waals surface area contributed by atoms with E-state index in [2.05, 4.69) is 11.9 Å². The van der Waals surface area contributed by atoms with E-state index in [-0.39, 0.29) is 5.78 Å². The van der Waals surface area contributed by atoms with Crippen molar-refractivity contribution in [3.63, 3.8) is 0 Å². The maximum Gasteiger partial charge on any atom is 0.129 e. The lowest BCUT2D eigenvalue weighted by Gasteiger charge is -2.32. The van der Waals surface area contributed by atoms with Crippen molar-refractivity contribution in [3.05, 3.63) is 0 Å². The third-order valence-electron chi connectivity index (χ3n) is 2.35. The average molecular weight is 171 g/mol. The molecule has 0 N–H and O–H groups in total. The van der Waals surface area contributed by atoms with Gasteiger partial charge < -0.3 is 9.53 Å². The Kier molecular flexibility index (Phi) is 3.69. The van der Waals surface area contributed by atoms with Crippen molar-refractivity contribution in [1.82, 2.24) is 4.90 Å². The average Bonchev–Trinajstić information content (AvgIpc) is 2.03. The monoisotopic (exact) mass is 171 g/mol. The summed E-state index contributed by atoms with van der Waals surface area (Å²) in [7, 11) is 2.09. The van der Waals surface area contributed by atoms with E-state index in [0.29, 0.717) is 12.5 Å². The topological polar surface area (TPSA) is 29.5 Å². The molecule has 1 unspecified atom stereocenters. The summed E-state index contributed by atoms with van der Waals surface area (Å²) < 4.78 is 5.33. The molecule has 0 aromatic heterocycles. The molecule has 1 aliphatic rings. The summed E-state index contributed by atoms with van der Waals surface area (Å²) in [6.07, 6.45) is 1.62. The first-order valence-electron chi connectivity index (χ1n) is 4.47. The number of hydrogen-bond acceptors (Lipinski definition) is 3. The predicted octanol–water partition coefficient (Wildman–Crippen LogP) is 0.686. The lowest BCUT2D eigenvalue weighted by molar-refractivity contribution is -0.117. The molecule has 1 heterocycles. The van der Waals surface area contributed by atoms with Gasteiger partial charge in [0, 0.05) is 19.0 Å². The Hall–Kier alpha value is -0.410. The highest BCUT2D eigenvalue weighted by Gasteiger charge is 2.19. The second kappa shape index (κ2) is 4.58. The zero-order chi connectivity index (χ0) is 8.97. The van der Waals surface area contributed by atoms with Gasteiger partial charge in [-0.3, -0.25) is 4.90 Å². The minimum atomic E-state index is 0.272. The smallest absolute Gasteiger partial charge is 0.129 e. The molecular weight excluding hydrogens is 154 g/mol. The molecule has 0 saturated carbocycles. The Morgan fingerprint density at radius 3 is 3.00 bits per heavy atom. The van der Waals surface area contributed by atoms with Crippen LogP contribution in [0, 0.1) is 0 Å². The summed E-state index contributed by atoms with van der Waals surface area (Å²) in [5.41, 5.74) is 0. The van der Waals surface area contributed by atoms with Gasteiger partial charge in [-0.25, -0.2) is 0 Å². The number of Topliss-reactive ketones (excluding diaryl/α,β-unsaturated/α-hetero) is 1. The highest BCUT2D eigenvalue weighted by Crippen LogP contribution is 2.09. The van der Waals surface area contributed by atoms with Gasteiger partial charge in [0.2, 0.25) is 0 Å². The molecule has 0 spiro atoms. The van der Waals surface area contributed by atoms with Crippen molar-refractivity contribution < 1.29 is 9.53 Å². The zero-order valence-electron chi connectivity index (χ0n) is 7.88. The van der Waals surface area contributed by atoms with Gasteiger partial charge in [0.05, 0.1) is 13.2 Å². The van der Waals surface area contributed by atoms with E-state index in [1.807, 2.05) is 0 Å². The van der Waals surface area contributed by atoms with Crippen LogP contribution >= 0.6 is 0 Å². The van der Waals surface area contributed by atoms with Crippen LogP contribution in [-0.4, -0.2) is 43.5 Å². The second-order valence-electron chi connectivity index (χ2n) is 3.45. The zero-order valence-corrected chi connectivity index (χ0v) is 7.88. The number of ether oxygens (including phenoxy) is 1. The third-order valence-corrected chi connectivity index (χ3v) is 2.35. The first-order chi connectivity index (χ1) is 5.70. The summed E-state index contributed by atoms with van der Waals surface area (Å²) in [6, 6.07) is 0.447. The molecule has 1 atom stereocenters. The van der Waals surface area contributed by atoms with Gasteiger partial charge in [0.15, 0.2) is 0 Å². The lowest BCUT2D eigenvalue weighted by Crippen LogP contribution is -2.42. The maximum absolute atomic E-state index is 10.7.